The van der Waals surface area contributed by atoms with E-state index in [0.717, 1.165) is 27.7 Å². The molecule has 0 radical (unpaired) electrons. The van der Waals surface area contributed by atoms with Gasteiger partial charge in [0.1, 0.15) is 5.01 Å². The molecule has 4 rings (SSSR count). The number of nitrogens with zero attached hydrogens (tertiary/aromatic N) is 3. The van der Waals surface area contributed by atoms with Gasteiger partial charge in [-0.15, -0.1) is 11.3 Å². The number of aromatic nitrogens is 3. The van der Waals surface area contributed by atoms with Crippen LogP contribution in [-0.4, -0.2) is 20.9 Å². The van der Waals surface area contributed by atoms with Crippen LogP contribution in [0.5, 0.6) is 0 Å². The maximum absolute atomic E-state index is 12.7. The highest BCUT2D eigenvalue weighted by Crippen LogP contribution is 2.23. The quantitative estimate of drug-likeness (QED) is 0.543. The van der Waals surface area contributed by atoms with Crippen molar-refractivity contribution in [3.8, 4) is 10.7 Å². The van der Waals surface area contributed by atoms with E-state index >= 15 is 0 Å². The SMILES string of the molecule is O=C(Cc1csc(-c2ccccn2)n1)NC(c1ccccc1)c1ccccn1. The first-order valence-electron chi connectivity index (χ1n) is 8.90. The van der Waals surface area contributed by atoms with Crippen molar-refractivity contribution in [1.29, 1.82) is 0 Å². The van der Waals surface area contributed by atoms with E-state index in [1.807, 2.05) is 72.1 Å². The van der Waals surface area contributed by atoms with E-state index in [9.17, 15) is 4.79 Å². The van der Waals surface area contributed by atoms with Gasteiger partial charge in [0, 0.05) is 17.8 Å². The van der Waals surface area contributed by atoms with Gasteiger partial charge in [-0.05, 0) is 29.8 Å². The summed E-state index contributed by atoms with van der Waals surface area (Å²) in [5.41, 5.74) is 3.34. The van der Waals surface area contributed by atoms with Crippen LogP contribution in [0.4, 0.5) is 0 Å². The first kappa shape index (κ1) is 18.0. The van der Waals surface area contributed by atoms with E-state index < -0.39 is 0 Å². The third kappa shape index (κ3) is 4.29. The molecule has 138 valence electrons. The van der Waals surface area contributed by atoms with Crippen molar-refractivity contribution < 1.29 is 4.79 Å². The van der Waals surface area contributed by atoms with E-state index in [4.69, 9.17) is 0 Å². The summed E-state index contributed by atoms with van der Waals surface area (Å²) in [7, 11) is 0. The maximum atomic E-state index is 12.7. The lowest BCUT2D eigenvalue weighted by molar-refractivity contribution is -0.121. The fourth-order valence-corrected chi connectivity index (χ4v) is 3.69. The predicted molar refractivity (Wildman–Crippen MR) is 110 cm³/mol. The number of carbonyl (C=O) groups is 1. The Morgan fingerprint density at radius 3 is 2.39 bits per heavy atom. The van der Waals surface area contributed by atoms with Crippen molar-refractivity contribution in [2.45, 2.75) is 12.5 Å². The van der Waals surface area contributed by atoms with Crippen molar-refractivity contribution in [1.82, 2.24) is 20.3 Å². The lowest BCUT2D eigenvalue weighted by Crippen LogP contribution is -2.31. The van der Waals surface area contributed by atoms with Crippen molar-refractivity contribution in [2.75, 3.05) is 0 Å². The van der Waals surface area contributed by atoms with Gasteiger partial charge in [-0.1, -0.05) is 42.5 Å². The number of carbonyl (C=O) groups excluding carboxylic acids is 1. The molecule has 1 N–H and O–H groups in total. The molecule has 0 aliphatic heterocycles. The number of hydrogen-bond acceptors (Lipinski definition) is 5. The summed E-state index contributed by atoms with van der Waals surface area (Å²) in [6.45, 7) is 0. The normalized spacial score (nSPS) is 11.7. The zero-order valence-corrected chi connectivity index (χ0v) is 15.8. The van der Waals surface area contributed by atoms with Crippen LogP contribution in [0.3, 0.4) is 0 Å². The van der Waals surface area contributed by atoms with E-state index in [2.05, 4.69) is 20.3 Å². The first-order valence-corrected chi connectivity index (χ1v) is 9.78. The van der Waals surface area contributed by atoms with Crippen LogP contribution in [0.15, 0.2) is 84.5 Å². The Kier molecular flexibility index (Phi) is 5.49. The highest BCUT2D eigenvalue weighted by atomic mass is 32.1. The molecule has 5 nitrogen and oxygen atoms in total. The van der Waals surface area contributed by atoms with Crippen LogP contribution in [0.1, 0.15) is 23.0 Å². The summed E-state index contributed by atoms with van der Waals surface area (Å²) < 4.78 is 0. The molecular weight excluding hydrogens is 368 g/mol. The Bertz CT molecular complexity index is 996. The Hall–Kier alpha value is -3.38. The van der Waals surface area contributed by atoms with E-state index in [1.165, 1.54) is 11.3 Å². The Labute approximate surface area is 167 Å². The largest absolute Gasteiger partial charge is 0.343 e. The summed E-state index contributed by atoms with van der Waals surface area (Å²) in [6, 6.07) is 20.9. The number of nitrogens with one attached hydrogen (secondary N) is 1. The predicted octanol–water partition coefficient (Wildman–Crippen LogP) is 4.05. The zero-order valence-electron chi connectivity index (χ0n) is 15.0. The summed E-state index contributed by atoms with van der Waals surface area (Å²) in [5.74, 6) is -0.0997. The van der Waals surface area contributed by atoms with Gasteiger partial charge in [0.05, 0.1) is 29.5 Å². The molecule has 0 aliphatic rings. The maximum Gasteiger partial charge on any atom is 0.226 e. The van der Waals surface area contributed by atoms with Crippen LogP contribution in [0.25, 0.3) is 10.7 Å². The molecule has 0 saturated carbocycles. The monoisotopic (exact) mass is 386 g/mol. The number of pyridine rings is 2. The first-order chi connectivity index (χ1) is 13.8. The molecule has 0 aliphatic carbocycles. The second-order valence-electron chi connectivity index (χ2n) is 6.20. The van der Waals surface area contributed by atoms with Crippen molar-refractivity contribution >= 4 is 17.2 Å². The highest BCUT2D eigenvalue weighted by molar-refractivity contribution is 7.13. The van der Waals surface area contributed by atoms with Crippen molar-refractivity contribution in [3.63, 3.8) is 0 Å². The average Bonchev–Trinajstić information content (AvgIpc) is 3.22. The Morgan fingerprint density at radius 2 is 1.68 bits per heavy atom. The second-order valence-corrected chi connectivity index (χ2v) is 7.06. The van der Waals surface area contributed by atoms with Crippen LogP contribution < -0.4 is 5.32 Å². The minimum Gasteiger partial charge on any atom is -0.343 e. The summed E-state index contributed by atoms with van der Waals surface area (Å²) in [5, 5.41) is 5.81. The zero-order chi connectivity index (χ0) is 19.2. The van der Waals surface area contributed by atoms with Crippen LogP contribution >= 0.6 is 11.3 Å². The molecule has 1 aromatic carbocycles. The number of thiazole rings is 1. The fraction of sp³-hybridized carbons (Fsp3) is 0.0909. The average molecular weight is 386 g/mol. The molecule has 1 amide bonds. The van der Waals surface area contributed by atoms with Crippen LogP contribution in [0, 0.1) is 0 Å². The molecule has 6 heteroatoms. The van der Waals surface area contributed by atoms with Gasteiger partial charge in [0.2, 0.25) is 5.91 Å². The topological polar surface area (TPSA) is 67.8 Å². The molecule has 0 fully saturated rings. The smallest absolute Gasteiger partial charge is 0.226 e. The van der Waals surface area contributed by atoms with Crippen LogP contribution in [0.2, 0.25) is 0 Å². The van der Waals surface area contributed by atoms with Gasteiger partial charge < -0.3 is 5.32 Å². The van der Waals surface area contributed by atoms with Gasteiger partial charge >= 0.3 is 0 Å². The third-order valence-corrected chi connectivity index (χ3v) is 5.11. The van der Waals surface area contributed by atoms with E-state index in [-0.39, 0.29) is 18.4 Å². The third-order valence-electron chi connectivity index (χ3n) is 4.20. The molecule has 0 spiro atoms. The molecule has 0 bridgehead atoms. The standard InChI is InChI=1S/C22H18N4OS/c27-20(14-17-15-28-22(25-17)19-11-5-7-13-24-19)26-21(16-8-2-1-3-9-16)18-10-4-6-12-23-18/h1-13,15,21H,14H2,(H,26,27). The number of rotatable bonds is 6. The van der Waals surface area contributed by atoms with Crippen molar-refractivity contribution in [3.05, 3.63) is 101 Å². The molecule has 1 unspecified atom stereocenters. The summed E-state index contributed by atoms with van der Waals surface area (Å²) in [4.78, 5) is 26.0. The Balaban J connectivity index is 1.50. The molecule has 28 heavy (non-hydrogen) atoms. The lowest BCUT2D eigenvalue weighted by atomic mass is 10.0. The number of benzene rings is 1. The summed E-state index contributed by atoms with van der Waals surface area (Å²) in [6.07, 6.45) is 3.68. The van der Waals surface area contributed by atoms with Gasteiger partial charge in [-0.25, -0.2) is 4.98 Å². The number of amides is 1. The van der Waals surface area contributed by atoms with E-state index in [1.54, 1.807) is 12.4 Å². The molecular formula is C22H18N4OS. The lowest BCUT2D eigenvalue weighted by Gasteiger charge is -2.18. The van der Waals surface area contributed by atoms with Crippen molar-refractivity contribution in [2.24, 2.45) is 0 Å². The molecule has 3 aromatic heterocycles. The molecule has 0 saturated heterocycles. The molecule has 4 aromatic rings. The van der Waals surface area contributed by atoms with Gasteiger partial charge in [-0.3, -0.25) is 14.8 Å². The summed E-state index contributed by atoms with van der Waals surface area (Å²) >= 11 is 1.49. The molecule has 1 atom stereocenters. The van der Waals surface area contributed by atoms with E-state index in [0.29, 0.717) is 0 Å². The minimum atomic E-state index is -0.302. The minimum absolute atomic E-state index is 0.0997. The van der Waals surface area contributed by atoms with Crippen LogP contribution in [-0.2, 0) is 11.2 Å². The Morgan fingerprint density at radius 1 is 0.929 bits per heavy atom. The second kappa shape index (κ2) is 8.54. The molecule has 3 heterocycles. The van der Waals surface area contributed by atoms with Gasteiger partial charge in [0.25, 0.3) is 0 Å². The fourth-order valence-electron chi connectivity index (χ4n) is 2.89. The number of hydrogen-bond donors (Lipinski definition) is 1. The highest BCUT2D eigenvalue weighted by Gasteiger charge is 2.19. The van der Waals surface area contributed by atoms with Gasteiger partial charge in [0.15, 0.2) is 0 Å². The van der Waals surface area contributed by atoms with Gasteiger partial charge in [-0.2, -0.15) is 0 Å².